The number of hydrogen-bond donors (Lipinski definition) is 1. The summed E-state index contributed by atoms with van der Waals surface area (Å²) in [5.41, 5.74) is 0.511. The fraction of sp³-hybridized carbons (Fsp3) is 0.500. The first-order chi connectivity index (χ1) is 9.73. The molecular formula is C14H18F3NO3. The second-order valence-corrected chi connectivity index (χ2v) is 4.88. The van der Waals surface area contributed by atoms with Crippen LogP contribution in [0.25, 0.3) is 0 Å². The van der Waals surface area contributed by atoms with Gasteiger partial charge < -0.3 is 14.8 Å². The van der Waals surface area contributed by atoms with E-state index in [2.05, 4.69) is 10.1 Å². The lowest BCUT2D eigenvalue weighted by Crippen LogP contribution is -2.32. The molecule has 4 nitrogen and oxygen atoms in total. The molecule has 0 radical (unpaired) electrons. The maximum Gasteiger partial charge on any atom is 0.573 e. The van der Waals surface area contributed by atoms with Crippen molar-refractivity contribution in [2.75, 3.05) is 13.7 Å². The van der Waals surface area contributed by atoms with Crippen molar-refractivity contribution in [3.8, 4) is 5.75 Å². The maximum atomic E-state index is 12.1. The van der Waals surface area contributed by atoms with E-state index in [4.69, 9.17) is 4.74 Å². The Balaban J connectivity index is 2.85. The Labute approximate surface area is 121 Å². The molecule has 1 atom stereocenters. The van der Waals surface area contributed by atoms with Crippen LogP contribution in [0, 0.1) is 5.92 Å². The van der Waals surface area contributed by atoms with Gasteiger partial charge in [0.2, 0.25) is 0 Å². The molecule has 21 heavy (non-hydrogen) atoms. The normalized spacial score (nSPS) is 13.1. The number of carbonyl (C=O) groups excluding carboxylic acids is 1. The van der Waals surface area contributed by atoms with Gasteiger partial charge in [0.05, 0.1) is 7.11 Å². The van der Waals surface area contributed by atoms with E-state index in [1.165, 1.54) is 19.2 Å². The van der Waals surface area contributed by atoms with E-state index in [1.54, 1.807) is 0 Å². The number of alkyl halides is 3. The highest BCUT2D eigenvalue weighted by molar-refractivity contribution is 5.77. The van der Waals surface area contributed by atoms with Crippen LogP contribution < -0.4 is 10.1 Å². The van der Waals surface area contributed by atoms with Gasteiger partial charge in [-0.25, -0.2) is 4.79 Å². The van der Waals surface area contributed by atoms with Crippen LogP contribution in [0.5, 0.6) is 5.75 Å². The fourth-order valence-electron chi connectivity index (χ4n) is 1.67. The second-order valence-electron chi connectivity index (χ2n) is 4.88. The average molecular weight is 305 g/mol. The van der Waals surface area contributed by atoms with Crippen LogP contribution in [0.15, 0.2) is 24.3 Å². The van der Waals surface area contributed by atoms with E-state index in [0.717, 1.165) is 12.1 Å². The molecule has 1 unspecified atom stereocenters. The summed E-state index contributed by atoms with van der Waals surface area (Å²) in [6.07, 6.45) is -4.74. The number of esters is 1. The number of hydrogen-bond acceptors (Lipinski definition) is 4. The van der Waals surface area contributed by atoms with E-state index < -0.39 is 18.4 Å². The highest BCUT2D eigenvalue weighted by atomic mass is 19.4. The number of halogens is 3. The Morgan fingerprint density at radius 2 is 1.81 bits per heavy atom. The molecule has 0 saturated carbocycles. The summed E-state index contributed by atoms with van der Waals surface area (Å²) in [6.45, 7) is 4.52. The summed E-state index contributed by atoms with van der Waals surface area (Å²) in [6, 6.07) is 4.40. The van der Waals surface area contributed by atoms with Crippen molar-refractivity contribution < 1.29 is 27.4 Å². The molecule has 1 N–H and O–H groups in total. The van der Waals surface area contributed by atoms with Crippen molar-refractivity contribution in [3.05, 3.63) is 29.8 Å². The average Bonchev–Trinajstić information content (AvgIpc) is 2.38. The summed E-state index contributed by atoms with van der Waals surface area (Å²) in [5, 5.41) is 3.02. The van der Waals surface area contributed by atoms with Crippen molar-refractivity contribution in [1.29, 1.82) is 0 Å². The zero-order chi connectivity index (χ0) is 16.0. The molecule has 0 saturated heterocycles. The summed E-state index contributed by atoms with van der Waals surface area (Å²) in [5.74, 6) is -0.524. The molecule has 0 aromatic heterocycles. The molecule has 118 valence electrons. The smallest absolute Gasteiger partial charge is 0.468 e. The highest BCUT2D eigenvalue weighted by Crippen LogP contribution is 2.24. The van der Waals surface area contributed by atoms with E-state index in [0.29, 0.717) is 18.0 Å². The number of nitrogens with one attached hydrogen (secondary N) is 1. The Kier molecular flexibility index (Phi) is 6.02. The van der Waals surface area contributed by atoms with E-state index >= 15 is 0 Å². The van der Waals surface area contributed by atoms with Gasteiger partial charge in [-0.1, -0.05) is 26.0 Å². The van der Waals surface area contributed by atoms with Crippen molar-refractivity contribution in [3.63, 3.8) is 0 Å². The number of methoxy groups -OCH3 is 1. The van der Waals surface area contributed by atoms with Crippen LogP contribution in [0.1, 0.15) is 25.5 Å². The van der Waals surface area contributed by atoms with Gasteiger partial charge in [-0.3, -0.25) is 0 Å². The molecule has 0 fully saturated rings. The predicted molar refractivity (Wildman–Crippen MR) is 70.7 cm³/mol. The second kappa shape index (κ2) is 7.31. The van der Waals surface area contributed by atoms with Gasteiger partial charge in [0, 0.05) is 0 Å². The third kappa shape index (κ3) is 6.03. The van der Waals surface area contributed by atoms with Gasteiger partial charge in [-0.05, 0) is 30.2 Å². The van der Waals surface area contributed by atoms with Crippen LogP contribution in [0.3, 0.4) is 0 Å². The van der Waals surface area contributed by atoms with Crippen LogP contribution in [0.4, 0.5) is 13.2 Å². The van der Waals surface area contributed by atoms with Crippen LogP contribution in [-0.4, -0.2) is 26.0 Å². The Morgan fingerprint density at radius 3 is 2.24 bits per heavy atom. The quantitative estimate of drug-likeness (QED) is 0.821. The first kappa shape index (κ1) is 17.3. The Bertz CT molecular complexity index is 458. The van der Waals surface area contributed by atoms with Crippen molar-refractivity contribution in [1.82, 2.24) is 5.32 Å². The fourth-order valence-corrected chi connectivity index (χ4v) is 1.67. The number of carbonyl (C=O) groups is 1. The molecule has 0 spiro atoms. The third-order valence-electron chi connectivity index (χ3n) is 2.61. The third-order valence-corrected chi connectivity index (χ3v) is 2.61. The molecule has 1 rings (SSSR count). The van der Waals surface area contributed by atoms with E-state index in [9.17, 15) is 18.0 Å². The maximum absolute atomic E-state index is 12.1. The van der Waals surface area contributed by atoms with E-state index in [1.807, 2.05) is 13.8 Å². The van der Waals surface area contributed by atoms with Gasteiger partial charge in [0.15, 0.2) is 0 Å². The van der Waals surface area contributed by atoms with Crippen LogP contribution in [-0.2, 0) is 9.53 Å². The zero-order valence-corrected chi connectivity index (χ0v) is 12.0. The molecule has 7 heteroatoms. The van der Waals surface area contributed by atoms with Gasteiger partial charge in [-0.15, -0.1) is 13.2 Å². The summed E-state index contributed by atoms with van der Waals surface area (Å²) in [4.78, 5) is 11.7. The predicted octanol–water partition coefficient (Wildman–Crippen LogP) is 3.04. The number of ether oxygens (including phenoxy) is 2. The minimum absolute atomic E-state index is 0.310. The van der Waals surface area contributed by atoms with E-state index in [-0.39, 0.29) is 5.75 Å². The topological polar surface area (TPSA) is 47.6 Å². The summed E-state index contributed by atoms with van der Waals surface area (Å²) in [7, 11) is 1.26. The number of benzene rings is 1. The highest BCUT2D eigenvalue weighted by Gasteiger charge is 2.31. The van der Waals surface area contributed by atoms with Crippen molar-refractivity contribution in [2.24, 2.45) is 5.92 Å². The van der Waals surface area contributed by atoms with Crippen molar-refractivity contribution >= 4 is 5.97 Å². The van der Waals surface area contributed by atoms with Crippen LogP contribution in [0.2, 0.25) is 0 Å². The minimum atomic E-state index is -4.74. The first-order valence-electron chi connectivity index (χ1n) is 6.40. The lowest BCUT2D eigenvalue weighted by atomic mass is 10.1. The van der Waals surface area contributed by atoms with Gasteiger partial charge in [0.25, 0.3) is 0 Å². The largest absolute Gasteiger partial charge is 0.573 e. The zero-order valence-electron chi connectivity index (χ0n) is 12.0. The molecule has 0 heterocycles. The standard InChI is InChI=1S/C14H18F3NO3/c1-9(2)8-18-12(13(19)20-3)10-4-6-11(7-5-10)21-14(15,16)17/h4-7,9,12,18H,8H2,1-3H3. The Hall–Kier alpha value is -1.76. The first-order valence-corrected chi connectivity index (χ1v) is 6.40. The van der Waals surface area contributed by atoms with Gasteiger partial charge in [-0.2, -0.15) is 0 Å². The minimum Gasteiger partial charge on any atom is -0.468 e. The van der Waals surface area contributed by atoms with Crippen molar-refractivity contribution in [2.45, 2.75) is 26.3 Å². The molecule has 0 aliphatic rings. The lowest BCUT2D eigenvalue weighted by molar-refractivity contribution is -0.274. The Morgan fingerprint density at radius 1 is 1.24 bits per heavy atom. The summed E-state index contributed by atoms with van der Waals surface area (Å²) < 4.78 is 44.7. The lowest BCUT2D eigenvalue weighted by Gasteiger charge is -2.18. The number of rotatable bonds is 6. The summed E-state index contributed by atoms with van der Waals surface area (Å²) >= 11 is 0. The molecular weight excluding hydrogens is 287 g/mol. The van der Waals surface area contributed by atoms with Gasteiger partial charge >= 0.3 is 12.3 Å². The van der Waals surface area contributed by atoms with Crippen LogP contribution >= 0.6 is 0 Å². The molecule has 1 aromatic carbocycles. The molecule has 0 amide bonds. The molecule has 0 aliphatic carbocycles. The van der Waals surface area contributed by atoms with Gasteiger partial charge in [0.1, 0.15) is 11.8 Å². The molecule has 1 aromatic rings. The molecule has 0 aliphatic heterocycles. The molecule has 0 bridgehead atoms. The SMILES string of the molecule is COC(=O)C(NCC(C)C)c1ccc(OC(F)(F)F)cc1. The monoisotopic (exact) mass is 305 g/mol.